The van der Waals surface area contributed by atoms with E-state index >= 15 is 0 Å². The monoisotopic (exact) mass is 262 g/mol. The highest BCUT2D eigenvalue weighted by Crippen LogP contribution is 2.29. The highest BCUT2D eigenvalue weighted by molar-refractivity contribution is 6.30. The first-order valence-electron chi connectivity index (χ1n) is 5.55. The predicted octanol–water partition coefficient (Wildman–Crippen LogP) is 2.49. The van der Waals surface area contributed by atoms with Crippen molar-refractivity contribution in [3.05, 3.63) is 47.2 Å². The minimum atomic E-state index is 0.432. The lowest BCUT2D eigenvalue weighted by molar-refractivity contribution is 0.601. The number of aromatic amines is 1. The molecule has 2 N–H and O–H groups in total. The molecule has 0 spiro atoms. The highest BCUT2D eigenvalue weighted by Gasteiger charge is 2.11. The maximum absolute atomic E-state index is 6.09. The number of fused-ring (bicyclic) bond motifs is 1. The smallest absolute Gasteiger partial charge is 0.199 e. The van der Waals surface area contributed by atoms with Crippen molar-refractivity contribution >= 4 is 22.6 Å². The Labute approximate surface area is 108 Å². The van der Waals surface area contributed by atoms with Crippen LogP contribution >= 0.6 is 11.6 Å². The van der Waals surface area contributed by atoms with Crippen LogP contribution in [0.2, 0.25) is 5.22 Å². The van der Waals surface area contributed by atoms with Gasteiger partial charge in [0.1, 0.15) is 17.7 Å². The number of para-hydroxylation sites is 1. The van der Waals surface area contributed by atoms with Crippen LogP contribution < -0.4 is 5.32 Å². The Kier molecular flexibility index (Phi) is 3.00. The van der Waals surface area contributed by atoms with E-state index in [0.29, 0.717) is 18.3 Å². The van der Waals surface area contributed by atoms with E-state index in [4.69, 9.17) is 16.0 Å². The number of nitrogens with zero attached hydrogens (tertiary/aromatic N) is 2. The molecule has 0 radical (unpaired) electrons. The van der Waals surface area contributed by atoms with Crippen molar-refractivity contribution < 1.29 is 4.42 Å². The first kappa shape index (κ1) is 11.3. The van der Waals surface area contributed by atoms with E-state index in [2.05, 4.69) is 20.5 Å². The van der Waals surface area contributed by atoms with Gasteiger partial charge in [0.2, 0.25) is 0 Å². The van der Waals surface area contributed by atoms with Crippen molar-refractivity contribution in [3.8, 4) is 0 Å². The van der Waals surface area contributed by atoms with Crippen molar-refractivity contribution in [3.63, 3.8) is 0 Å². The van der Waals surface area contributed by atoms with E-state index in [1.807, 2.05) is 24.3 Å². The molecule has 0 aliphatic carbocycles. The van der Waals surface area contributed by atoms with E-state index in [1.54, 1.807) is 0 Å². The van der Waals surface area contributed by atoms with Gasteiger partial charge in [0.15, 0.2) is 5.22 Å². The van der Waals surface area contributed by atoms with Gasteiger partial charge in [-0.05, 0) is 17.7 Å². The molecule has 6 heteroatoms. The van der Waals surface area contributed by atoms with E-state index in [9.17, 15) is 0 Å². The number of rotatable bonds is 4. The number of hydrogen-bond acceptors (Lipinski definition) is 4. The van der Waals surface area contributed by atoms with Crippen LogP contribution in [-0.4, -0.2) is 15.2 Å². The van der Waals surface area contributed by atoms with Gasteiger partial charge in [-0.3, -0.25) is 5.10 Å². The summed E-state index contributed by atoms with van der Waals surface area (Å²) in [6, 6.07) is 7.79. The summed E-state index contributed by atoms with van der Waals surface area (Å²) in [6.45, 7) is 1.23. The molecule has 0 bridgehead atoms. The summed E-state index contributed by atoms with van der Waals surface area (Å²) in [6.07, 6.45) is 1.48. The normalized spacial score (nSPS) is 11.2. The Morgan fingerprint density at radius 3 is 3.00 bits per heavy atom. The van der Waals surface area contributed by atoms with Crippen molar-refractivity contribution in [1.82, 2.24) is 20.5 Å². The second-order valence-corrected chi connectivity index (χ2v) is 4.23. The van der Waals surface area contributed by atoms with Gasteiger partial charge in [0.25, 0.3) is 0 Å². The molecule has 0 saturated heterocycles. The fraction of sp³-hybridized carbons (Fsp3) is 0.167. The Morgan fingerprint density at radius 1 is 1.28 bits per heavy atom. The van der Waals surface area contributed by atoms with Crippen LogP contribution in [0.3, 0.4) is 0 Å². The van der Waals surface area contributed by atoms with Gasteiger partial charge < -0.3 is 9.73 Å². The third kappa shape index (κ3) is 2.10. The molecule has 92 valence electrons. The van der Waals surface area contributed by atoms with E-state index < -0.39 is 0 Å². The van der Waals surface area contributed by atoms with Crippen molar-refractivity contribution in [1.29, 1.82) is 0 Å². The van der Waals surface area contributed by atoms with Gasteiger partial charge in [0.05, 0.1) is 6.54 Å². The van der Waals surface area contributed by atoms with E-state index in [0.717, 1.165) is 22.4 Å². The SMILES string of the molecule is Clc1oc2ccccc2c1CNCc1ncn[nH]1. The van der Waals surface area contributed by atoms with Gasteiger partial charge in [-0.1, -0.05) is 18.2 Å². The predicted molar refractivity (Wildman–Crippen MR) is 68.2 cm³/mol. The minimum Gasteiger partial charge on any atom is -0.444 e. The molecule has 2 aromatic heterocycles. The van der Waals surface area contributed by atoms with Crippen LogP contribution in [0.15, 0.2) is 35.0 Å². The summed E-state index contributed by atoms with van der Waals surface area (Å²) < 4.78 is 5.48. The van der Waals surface area contributed by atoms with Crippen LogP contribution in [0.4, 0.5) is 0 Å². The molecular formula is C12H11ClN4O. The van der Waals surface area contributed by atoms with Crippen molar-refractivity contribution in [2.75, 3.05) is 0 Å². The van der Waals surface area contributed by atoms with Crippen LogP contribution in [0.5, 0.6) is 0 Å². The molecule has 3 rings (SSSR count). The molecule has 3 aromatic rings. The molecule has 0 atom stereocenters. The molecule has 2 heterocycles. The summed E-state index contributed by atoms with van der Waals surface area (Å²) in [5.74, 6) is 0.791. The highest BCUT2D eigenvalue weighted by atomic mass is 35.5. The summed E-state index contributed by atoms with van der Waals surface area (Å²) in [7, 11) is 0. The number of hydrogen-bond donors (Lipinski definition) is 2. The van der Waals surface area contributed by atoms with Crippen LogP contribution in [-0.2, 0) is 13.1 Å². The Hall–Kier alpha value is -1.85. The molecule has 1 aromatic carbocycles. The second kappa shape index (κ2) is 4.80. The topological polar surface area (TPSA) is 66.7 Å². The maximum Gasteiger partial charge on any atom is 0.199 e. The van der Waals surface area contributed by atoms with E-state index in [-0.39, 0.29) is 0 Å². The first-order chi connectivity index (χ1) is 8.84. The number of benzene rings is 1. The zero-order valence-electron chi connectivity index (χ0n) is 9.48. The number of furan rings is 1. The van der Waals surface area contributed by atoms with Gasteiger partial charge in [0, 0.05) is 17.5 Å². The average molecular weight is 263 g/mol. The zero-order valence-corrected chi connectivity index (χ0v) is 10.2. The number of H-pyrrole nitrogens is 1. The maximum atomic E-state index is 6.09. The third-order valence-corrected chi connectivity index (χ3v) is 3.01. The molecule has 0 fully saturated rings. The van der Waals surface area contributed by atoms with Crippen LogP contribution in [0.1, 0.15) is 11.4 Å². The molecule has 0 aliphatic heterocycles. The van der Waals surface area contributed by atoms with Crippen molar-refractivity contribution in [2.45, 2.75) is 13.1 Å². The molecule has 18 heavy (non-hydrogen) atoms. The van der Waals surface area contributed by atoms with E-state index in [1.165, 1.54) is 6.33 Å². The lowest BCUT2D eigenvalue weighted by atomic mass is 10.2. The molecular weight excluding hydrogens is 252 g/mol. The van der Waals surface area contributed by atoms with Crippen LogP contribution in [0.25, 0.3) is 11.0 Å². The fourth-order valence-corrected chi connectivity index (χ4v) is 2.11. The van der Waals surface area contributed by atoms with Gasteiger partial charge >= 0.3 is 0 Å². The van der Waals surface area contributed by atoms with Crippen molar-refractivity contribution in [2.24, 2.45) is 0 Å². The largest absolute Gasteiger partial charge is 0.444 e. The Morgan fingerprint density at radius 2 is 2.17 bits per heavy atom. The minimum absolute atomic E-state index is 0.432. The molecule has 0 aliphatic rings. The summed E-state index contributed by atoms with van der Waals surface area (Å²) in [5.41, 5.74) is 1.77. The number of nitrogens with one attached hydrogen (secondary N) is 2. The molecule has 5 nitrogen and oxygen atoms in total. The standard InChI is InChI=1S/C12H11ClN4O/c13-12-9(5-14-6-11-15-7-16-17-11)8-3-1-2-4-10(8)18-12/h1-4,7,14H,5-6H2,(H,15,16,17). The lowest BCUT2D eigenvalue weighted by Crippen LogP contribution is -2.13. The average Bonchev–Trinajstić information content (AvgIpc) is 2.98. The van der Waals surface area contributed by atoms with Crippen LogP contribution in [0, 0.1) is 0 Å². The van der Waals surface area contributed by atoms with Gasteiger partial charge in [-0.25, -0.2) is 4.98 Å². The number of aromatic nitrogens is 3. The third-order valence-electron chi connectivity index (χ3n) is 2.71. The van der Waals surface area contributed by atoms with Gasteiger partial charge in [-0.15, -0.1) is 0 Å². The lowest BCUT2D eigenvalue weighted by Gasteiger charge is -2.01. The fourth-order valence-electron chi connectivity index (χ4n) is 1.86. The van der Waals surface area contributed by atoms with Gasteiger partial charge in [-0.2, -0.15) is 5.10 Å². The molecule has 0 amide bonds. The quantitative estimate of drug-likeness (QED) is 0.758. The second-order valence-electron chi connectivity index (χ2n) is 3.89. The summed E-state index contributed by atoms with van der Waals surface area (Å²) >= 11 is 6.09. The first-order valence-corrected chi connectivity index (χ1v) is 5.93. The zero-order chi connectivity index (χ0) is 12.4. The Balaban J connectivity index is 1.76. The summed E-state index contributed by atoms with van der Waals surface area (Å²) in [4.78, 5) is 4.03. The molecule has 0 saturated carbocycles. The molecule has 0 unspecified atom stereocenters. The summed E-state index contributed by atoms with van der Waals surface area (Å²) in [5, 5.41) is 11.3. The number of halogens is 1. The Bertz CT molecular complexity index is 647.